The minimum atomic E-state index is 0.0747. The van der Waals surface area contributed by atoms with Crippen LogP contribution in [0.1, 0.15) is 32.1 Å². The number of nitrogens with zero attached hydrogens (tertiary/aromatic N) is 1. The molecule has 5 nitrogen and oxygen atoms in total. The molecule has 18 heavy (non-hydrogen) atoms. The van der Waals surface area contributed by atoms with E-state index in [4.69, 9.17) is 9.47 Å². The molecule has 2 saturated heterocycles. The Morgan fingerprint density at radius 3 is 2.89 bits per heavy atom. The molecule has 2 heterocycles. The molecule has 0 aromatic carbocycles. The fourth-order valence-corrected chi connectivity index (χ4v) is 3.25. The number of ether oxygens (including phenoxy) is 2. The Morgan fingerprint density at radius 1 is 1.17 bits per heavy atom. The maximum Gasteiger partial charge on any atom is 0.318 e. The van der Waals surface area contributed by atoms with Crippen LogP contribution in [0.5, 0.6) is 0 Å². The molecule has 3 aliphatic rings. The van der Waals surface area contributed by atoms with Crippen LogP contribution in [0, 0.1) is 0 Å². The molecule has 1 aliphatic carbocycles. The first-order chi connectivity index (χ1) is 8.84. The largest absolute Gasteiger partial charge is 0.379 e. The van der Waals surface area contributed by atoms with Gasteiger partial charge in [-0.1, -0.05) is 12.8 Å². The van der Waals surface area contributed by atoms with E-state index in [0.29, 0.717) is 13.2 Å². The average molecular weight is 254 g/mol. The number of nitrogens with one attached hydrogen (secondary N) is 1. The summed E-state index contributed by atoms with van der Waals surface area (Å²) in [5, 5.41) is 3.09. The van der Waals surface area contributed by atoms with Crippen LogP contribution >= 0.6 is 0 Å². The molecule has 102 valence electrons. The Balaban J connectivity index is 1.60. The van der Waals surface area contributed by atoms with Crippen molar-refractivity contribution in [3.8, 4) is 0 Å². The van der Waals surface area contributed by atoms with Crippen molar-refractivity contribution < 1.29 is 14.3 Å². The second-order valence-corrected chi connectivity index (χ2v) is 5.46. The van der Waals surface area contributed by atoms with Crippen molar-refractivity contribution in [2.45, 2.75) is 50.3 Å². The number of urea groups is 1. The van der Waals surface area contributed by atoms with Crippen molar-refractivity contribution in [1.82, 2.24) is 10.2 Å². The van der Waals surface area contributed by atoms with Crippen molar-refractivity contribution in [2.75, 3.05) is 26.4 Å². The van der Waals surface area contributed by atoms with Crippen LogP contribution in [0.15, 0.2) is 0 Å². The maximum absolute atomic E-state index is 12.3. The summed E-state index contributed by atoms with van der Waals surface area (Å²) >= 11 is 0. The average Bonchev–Trinajstić information content (AvgIpc) is 2.91. The van der Waals surface area contributed by atoms with E-state index in [-0.39, 0.29) is 24.2 Å². The zero-order valence-corrected chi connectivity index (χ0v) is 10.8. The summed E-state index contributed by atoms with van der Waals surface area (Å²) in [5.74, 6) is 0. The highest BCUT2D eigenvalue weighted by Gasteiger charge is 2.37. The Bertz CT molecular complexity index is 303. The Kier molecular flexibility index (Phi) is 3.70. The molecule has 0 bridgehead atoms. The molecule has 0 aromatic heterocycles. The summed E-state index contributed by atoms with van der Waals surface area (Å²) in [4.78, 5) is 14.3. The van der Waals surface area contributed by atoms with Crippen molar-refractivity contribution in [1.29, 1.82) is 0 Å². The van der Waals surface area contributed by atoms with Gasteiger partial charge in [-0.15, -0.1) is 0 Å². The van der Waals surface area contributed by atoms with Gasteiger partial charge in [0.05, 0.1) is 31.4 Å². The Morgan fingerprint density at radius 2 is 2.06 bits per heavy atom. The van der Waals surface area contributed by atoms with Crippen LogP contribution in [0.2, 0.25) is 0 Å². The van der Waals surface area contributed by atoms with Crippen molar-refractivity contribution >= 4 is 6.03 Å². The highest BCUT2D eigenvalue weighted by atomic mass is 16.5. The van der Waals surface area contributed by atoms with E-state index in [1.165, 1.54) is 12.8 Å². The third-order valence-electron chi connectivity index (χ3n) is 4.25. The first-order valence-corrected chi connectivity index (χ1v) is 7.11. The normalized spacial score (nSPS) is 36.2. The summed E-state index contributed by atoms with van der Waals surface area (Å²) in [6.07, 6.45) is 5.82. The lowest BCUT2D eigenvalue weighted by Crippen LogP contribution is -2.58. The van der Waals surface area contributed by atoms with Crippen LogP contribution < -0.4 is 5.32 Å². The van der Waals surface area contributed by atoms with Crippen LogP contribution in [0.25, 0.3) is 0 Å². The van der Waals surface area contributed by atoms with Crippen molar-refractivity contribution in [2.24, 2.45) is 0 Å². The van der Waals surface area contributed by atoms with E-state index in [1.54, 1.807) is 0 Å². The van der Waals surface area contributed by atoms with Gasteiger partial charge in [-0.2, -0.15) is 0 Å². The minimum Gasteiger partial charge on any atom is -0.379 e. The number of carbonyl (C=O) groups excluding carboxylic acids is 1. The number of amides is 2. The summed E-state index contributed by atoms with van der Waals surface area (Å²) in [6, 6.07) is 0.558. The monoisotopic (exact) mass is 254 g/mol. The molecule has 2 aliphatic heterocycles. The van der Waals surface area contributed by atoms with Gasteiger partial charge in [0.15, 0.2) is 0 Å². The zero-order valence-electron chi connectivity index (χ0n) is 10.8. The van der Waals surface area contributed by atoms with Gasteiger partial charge in [0.2, 0.25) is 0 Å². The highest BCUT2D eigenvalue weighted by molar-refractivity contribution is 5.75. The number of fused-ring (bicyclic) bond motifs is 1. The molecule has 2 amide bonds. The van der Waals surface area contributed by atoms with Gasteiger partial charge in [0.25, 0.3) is 0 Å². The van der Waals surface area contributed by atoms with Gasteiger partial charge in [-0.25, -0.2) is 4.79 Å². The van der Waals surface area contributed by atoms with Gasteiger partial charge >= 0.3 is 6.03 Å². The first-order valence-electron chi connectivity index (χ1n) is 7.11. The molecule has 0 aromatic rings. The van der Waals surface area contributed by atoms with Gasteiger partial charge < -0.3 is 19.7 Å². The maximum atomic E-state index is 12.3. The fourth-order valence-electron chi connectivity index (χ4n) is 3.25. The van der Waals surface area contributed by atoms with Crippen molar-refractivity contribution in [3.63, 3.8) is 0 Å². The second kappa shape index (κ2) is 5.45. The van der Waals surface area contributed by atoms with Crippen LogP contribution in [0.4, 0.5) is 4.79 Å². The van der Waals surface area contributed by atoms with Crippen LogP contribution in [-0.4, -0.2) is 55.5 Å². The van der Waals surface area contributed by atoms with E-state index in [0.717, 1.165) is 32.4 Å². The quantitative estimate of drug-likeness (QED) is 0.763. The lowest BCUT2D eigenvalue weighted by molar-refractivity contribution is -0.0714. The van der Waals surface area contributed by atoms with E-state index in [9.17, 15) is 4.79 Å². The molecule has 0 spiro atoms. The second-order valence-electron chi connectivity index (χ2n) is 5.46. The fraction of sp³-hybridized carbons (Fsp3) is 0.923. The van der Waals surface area contributed by atoms with Crippen molar-refractivity contribution in [3.05, 3.63) is 0 Å². The van der Waals surface area contributed by atoms with E-state index in [1.807, 2.05) is 4.90 Å². The molecule has 3 unspecified atom stereocenters. The van der Waals surface area contributed by atoms with Crippen LogP contribution in [-0.2, 0) is 9.47 Å². The van der Waals surface area contributed by atoms with Gasteiger partial charge in [0, 0.05) is 13.2 Å². The van der Waals surface area contributed by atoms with E-state index in [2.05, 4.69) is 5.32 Å². The molecule has 3 atom stereocenters. The Hall–Kier alpha value is -0.810. The molecule has 1 N–H and O–H groups in total. The number of rotatable bonds is 1. The summed E-state index contributed by atoms with van der Waals surface area (Å²) in [5.41, 5.74) is 0. The predicted octanol–water partition coefficient (Wildman–Crippen LogP) is 1.13. The van der Waals surface area contributed by atoms with Gasteiger partial charge in [-0.3, -0.25) is 0 Å². The van der Waals surface area contributed by atoms with E-state index < -0.39 is 0 Å². The molecule has 1 saturated carbocycles. The number of hydrogen-bond donors (Lipinski definition) is 1. The Labute approximate surface area is 108 Å². The van der Waals surface area contributed by atoms with Gasteiger partial charge in [-0.05, 0) is 19.3 Å². The molecule has 0 radical (unpaired) electrons. The molecule has 5 heteroatoms. The summed E-state index contributed by atoms with van der Waals surface area (Å²) in [7, 11) is 0. The summed E-state index contributed by atoms with van der Waals surface area (Å²) in [6.45, 7) is 2.82. The lowest BCUT2D eigenvalue weighted by atomic mass is 9.90. The minimum absolute atomic E-state index is 0.0747. The van der Waals surface area contributed by atoms with E-state index >= 15 is 0 Å². The lowest BCUT2D eigenvalue weighted by Gasteiger charge is -2.43. The zero-order chi connectivity index (χ0) is 12.4. The standard InChI is InChI=1S/C13H22N2O3/c16-13(14-10-5-7-17-9-10)15-6-8-18-12-4-2-1-3-11(12)15/h10-12H,1-9H2,(H,14,16). The number of hydrogen-bond acceptors (Lipinski definition) is 3. The SMILES string of the molecule is O=C(NC1CCOC1)N1CCOC2CCCCC21. The molecular weight excluding hydrogens is 232 g/mol. The topological polar surface area (TPSA) is 50.8 Å². The third kappa shape index (κ3) is 2.47. The molecule has 3 rings (SSSR count). The highest BCUT2D eigenvalue weighted by Crippen LogP contribution is 2.28. The number of morpholine rings is 1. The first kappa shape index (κ1) is 12.2. The summed E-state index contributed by atoms with van der Waals surface area (Å²) < 4.78 is 11.1. The smallest absolute Gasteiger partial charge is 0.318 e. The molecular formula is C13H22N2O3. The third-order valence-corrected chi connectivity index (χ3v) is 4.25. The predicted molar refractivity (Wildman–Crippen MR) is 66.5 cm³/mol. The van der Waals surface area contributed by atoms with Gasteiger partial charge in [0.1, 0.15) is 0 Å². The molecule has 3 fully saturated rings. The van der Waals surface area contributed by atoms with Crippen LogP contribution in [0.3, 0.4) is 0 Å². The number of carbonyl (C=O) groups is 1.